The van der Waals surface area contributed by atoms with Gasteiger partial charge in [-0.3, -0.25) is 19.7 Å². The van der Waals surface area contributed by atoms with Gasteiger partial charge >= 0.3 is 23.7 Å². The van der Waals surface area contributed by atoms with Gasteiger partial charge in [-0.1, -0.05) is 19.4 Å². The molecule has 0 unspecified atom stereocenters. The third-order valence-corrected chi connectivity index (χ3v) is 5.17. The van der Waals surface area contributed by atoms with Crippen LogP contribution in [0.3, 0.4) is 0 Å². The van der Waals surface area contributed by atoms with Crippen LogP contribution >= 0.6 is 0 Å². The number of alkyl halides is 2. The van der Waals surface area contributed by atoms with Crippen molar-refractivity contribution in [3.8, 4) is 0 Å². The van der Waals surface area contributed by atoms with Crippen LogP contribution in [0.15, 0.2) is 41.6 Å². The van der Waals surface area contributed by atoms with E-state index < -0.39 is 48.7 Å². The lowest BCUT2D eigenvalue weighted by molar-refractivity contribution is -0.176. The summed E-state index contributed by atoms with van der Waals surface area (Å²) in [5.74, 6) is -4.99. The van der Waals surface area contributed by atoms with Crippen LogP contribution in [0.4, 0.5) is 19.4 Å². The van der Waals surface area contributed by atoms with Crippen LogP contribution < -0.4 is 11.0 Å². The number of nitrogens with one attached hydrogen (secondary N) is 1. The van der Waals surface area contributed by atoms with Crippen molar-refractivity contribution in [3.63, 3.8) is 0 Å². The number of aryl methyl sites for hydroxylation is 1. The number of anilines is 1. The molecule has 2 N–H and O–H groups in total. The lowest BCUT2D eigenvalue weighted by Crippen LogP contribution is -2.44. The van der Waals surface area contributed by atoms with E-state index in [9.17, 15) is 19.5 Å². The zero-order valence-corrected chi connectivity index (χ0v) is 18.9. The Balaban J connectivity index is 1.68. The van der Waals surface area contributed by atoms with Crippen molar-refractivity contribution in [2.75, 3.05) is 18.5 Å². The summed E-state index contributed by atoms with van der Waals surface area (Å²) >= 11 is 0. The largest absolute Gasteiger partial charge is 0.453 e. The number of unbranched alkanes of at least 4 members (excludes halogenated alkanes) is 1. The fourth-order valence-electron chi connectivity index (χ4n) is 3.36. The molecule has 3 heterocycles. The van der Waals surface area contributed by atoms with Crippen molar-refractivity contribution in [2.24, 2.45) is 0 Å². The van der Waals surface area contributed by atoms with E-state index in [2.05, 4.69) is 15.3 Å². The summed E-state index contributed by atoms with van der Waals surface area (Å²) in [5, 5.41) is 11.8. The molecule has 1 amide bonds. The van der Waals surface area contributed by atoms with Gasteiger partial charge in [0.1, 0.15) is 11.9 Å². The number of carbonyl (C=O) groups excluding carboxylic acids is 2. The van der Waals surface area contributed by atoms with E-state index in [1.165, 1.54) is 6.20 Å². The molecule has 11 nitrogen and oxygen atoms in total. The van der Waals surface area contributed by atoms with Crippen molar-refractivity contribution in [2.45, 2.75) is 57.0 Å². The first kappa shape index (κ1) is 26.2. The highest BCUT2D eigenvalue weighted by molar-refractivity contribution is 5.83. The van der Waals surface area contributed by atoms with Gasteiger partial charge in [-0.2, -0.15) is 13.8 Å². The molecule has 0 bridgehead atoms. The van der Waals surface area contributed by atoms with Crippen molar-refractivity contribution in [3.05, 3.63) is 52.8 Å². The van der Waals surface area contributed by atoms with Gasteiger partial charge < -0.3 is 19.3 Å². The van der Waals surface area contributed by atoms with Gasteiger partial charge in [-0.15, -0.1) is 0 Å². The monoisotopic (exact) mass is 496 g/mol. The summed E-state index contributed by atoms with van der Waals surface area (Å²) in [6.45, 7) is 1.21. The standard InChI is InChI=1S/C22H26F2N4O7/c1-2-3-11-33-21(32)27-16-8-10-28(20(31)26-16)19-22(23,24)18(15(13-29)34-19)35-17(30)7-6-14-5-4-9-25-12-14/h4-5,8-10,12,15,18-19,29H,2-3,6-7,11,13H2,1H3,(H,26,27,31,32)/t15-,18-,19-/m1/s1. The van der Waals surface area contributed by atoms with Crippen LogP contribution in [0, 0.1) is 0 Å². The van der Waals surface area contributed by atoms with Crippen LogP contribution in [0.5, 0.6) is 0 Å². The van der Waals surface area contributed by atoms with E-state index in [-0.39, 0.29) is 25.3 Å². The smallest absolute Gasteiger partial charge is 0.412 e. The van der Waals surface area contributed by atoms with Gasteiger partial charge in [0, 0.05) is 25.0 Å². The number of aromatic nitrogens is 3. The molecule has 190 valence electrons. The number of ether oxygens (including phenoxy) is 3. The molecule has 3 rings (SSSR count). The third kappa shape index (κ3) is 6.57. The summed E-state index contributed by atoms with van der Waals surface area (Å²) in [4.78, 5) is 43.8. The van der Waals surface area contributed by atoms with Crippen molar-refractivity contribution in [1.29, 1.82) is 0 Å². The Hall–Kier alpha value is -3.45. The highest BCUT2D eigenvalue weighted by Crippen LogP contribution is 2.44. The predicted octanol–water partition coefficient (Wildman–Crippen LogP) is 2.06. The first-order chi connectivity index (χ1) is 16.8. The number of carbonyl (C=O) groups is 2. The van der Waals surface area contributed by atoms with E-state index in [1.54, 1.807) is 18.3 Å². The molecule has 2 aromatic rings. The minimum Gasteiger partial charge on any atom is -0.453 e. The highest BCUT2D eigenvalue weighted by atomic mass is 19.3. The Bertz CT molecular complexity index is 1070. The molecule has 35 heavy (non-hydrogen) atoms. The van der Waals surface area contributed by atoms with Crippen LogP contribution in [-0.4, -0.2) is 63.0 Å². The zero-order chi connectivity index (χ0) is 25.4. The second-order valence-corrected chi connectivity index (χ2v) is 7.77. The molecule has 1 saturated heterocycles. The second kappa shape index (κ2) is 11.8. The molecule has 0 aromatic carbocycles. The predicted molar refractivity (Wildman–Crippen MR) is 117 cm³/mol. The molecular formula is C22H26F2N4O7. The van der Waals surface area contributed by atoms with E-state index in [4.69, 9.17) is 14.2 Å². The van der Waals surface area contributed by atoms with Crippen molar-refractivity contribution >= 4 is 17.9 Å². The fraction of sp³-hybridized carbons (Fsp3) is 0.500. The number of aliphatic hydroxyl groups is 1. The van der Waals surface area contributed by atoms with E-state index in [1.807, 2.05) is 6.92 Å². The Morgan fingerprint density at radius 1 is 1.34 bits per heavy atom. The normalized spacial score (nSPS) is 20.9. The Labute approximate surface area is 199 Å². The van der Waals surface area contributed by atoms with Gasteiger partial charge in [0.25, 0.3) is 0 Å². The topological polar surface area (TPSA) is 142 Å². The van der Waals surface area contributed by atoms with Crippen LogP contribution in [0.1, 0.15) is 38.0 Å². The SMILES string of the molecule is CCCCOC(=O)Nc1ccn([C@@H]2O[C@H](CO)[C@@H](OC(=O)CCc3cccnc3)C2(F)F)c(=O)n1. The maximum atomic E-state index is 15.2. The molecule has 0 aliphatic carbocycles. The molecule has 1 fully saturated rings. The highest BCUT2D eigenvalue weighted by Gasteiger charge is 2.62. The average Bonchev–Trinajstić information content (AvgIpc) is 3.08. The maximum Gasteiger partial charge on any atom is 0.412 e. The van der Waals surface area contributed by atoms with E-state index in [0.717, 1.165) is 24.2 Å². The number of hydrogen-bond donors (Lipinski definition) is 2. The minimum atomic E-state index is -3.86. The number of nitrogens with zero attached hydrogens (tertiary/aromatic N) is 3. The molecular weight excluding hydrogens is 470 g/mol. The zero-order valence-electron chi connectivity index (χ0n) is 18.9. The lowest BCUT2D eigenvalue weighted by Gasteiger charge is -2.24. The summed E-state index contributed by atoms with van der Waals surface area (Å²) in [6.07, 6.45) is -1.20. The average molecular weight is 496 g/mol. The molecule has 0 radical (unpaired) electrons. The Kier molecular flexibility index (Phi) is 8.82. The quantitative estimate of drug-likeness (QED) is 0.373. The molecule has 1 aliphatic rings. The second-order valence-electron chi connectivity index (χ2n) is 7.77. The number of amides is 1. The van der Waals surface area contributed by atoms with Crippen LogP contribution in [0.2, 0.25) is 0 Å². The summed E-state index contributed by atoms with van der Waals surface area (Å²) < 4.78 is 45.9. The first-order valence-corrected chi connectivity index (χ1v) is 11.0. The van der Waals surface area contributed by atoms with Crippen molar-refractivity contribution < 1.29 is 37.7 Å². The third-order valence-electron chi connectivity index (χ3n) is 5.17. The number of halogens is 2. The Morgan fingerprint density at radius 2 is 2.14 bits per heavy atom. The Morgan fingerprint density at radius 3 is 2.80 bits per heavy atom. The van der Waals surface area contributed by atoms with Gasteiger partial charge in [-0.05, 0) is 30.5 Å². The van der Waals surface area contributed by atoms with Crippen molar-refractivity contribution in [1.82, 2.24) is 14.5 Å². The summed E-state index contributed by atoms with van der Waals surface area (Å²) in [7, 11) is 0. The molecule has 0 spiro atoms. The van der Waals surface area contributed by atoms with Gasteiger partial charge in [0.15, 0.2) is 6.10 Å². The fourth-order valence-corrected chi connectivity index (χ4v) is 3.36. The number of pyridine rings is 1. The number of rotatable bonds is 10. The van der Waals surface area contributed by atoms with E-state index in [0.29, 0.717) is 11.0 Å². The van der Waals surface area contributed by atoms with Gasteiger partial charge in [0.2, 0.25) is 6.23 Å². The van der Waals surface area contributed by atoms with Crippen LogP contribution in [-0.2, 0) is 25.4 Å². The lowest BCUT2D eigenvalue weighted by atomic mass is 10.1. The summed E-state index contributed by atoms with van der Waals surface area (Å²) in [5.41, 5.74) is -0.433. The molecule has 2 aromatic heterocycles. The van der Waals surface area contributed by atoms with Crippen LogP contribution in [0.25, 0.3) is 0 Å². The molecule has 1 aliphatic heterocycles. The molecule has 3 atom stereocenters. The van der Waals surface area contributed by atoms with Gasteiger partial charge in [-0.25, -0.2) is 9.59 Å². The number of esters is 1. The van der Waals surface area contributed by atoms with E-state index >= 15 is 8.78 Å². The molecule has 0 saturated carbocycles. The number of aliphatic hydroxyl groups excluding tert-OH is 1. The maximum absolute atomic E-state index is 15.2. The first-order valence-electron chi connectivity index (χ1n) is 11.0. The van der Waals surface area contributed by atoms with Gasteiger partial charge in [0.05, 0.1) is 13.2 Å². The number of hydrogen-bond acceptors (Lipinski definition) is 9. The minimum absolute atomic E-state index is 0.173. The summed E-state index contributed by atoms with van der Waals surface area (Å²) in [6, 6.07) is 4.51. The molecule has 13 heteroatoms.